The molecule has 3 N–H and O–H groups in total. The van der Waals surface area contributed by atoms with E-state index < -0.39 is 25.1 Å². The summed E-state index contributed by atoms with van der Waals surface area (Å²) in [5.41, 5.74) is 0. The summed E-state index contributed by atoms with van der Waals surface area (Å²) >= 11 is 11.1. The first kappa shape index (κ1) is 12.6. The van der Waals surface area contributed by atoms with Crippen molar-refractivity contribution in [2.45, 2.75) is 9.18 Å². The number of amides is 1. The first-order valence-electron chi connectivity index (χ1n) is 3.26. The van der Waals surface area contributed by atoms with Gasteiger partial charge in [-0.25, -0.2) is 13.6 Å². The molecule has 1 aromatic heterocycles. The molecule has 0 fully saturated rings. The average molecular weight is 291 g/mol. The zero-order valence-corrected chi connectivity index (χ0v) is 9.99. The lowest BCUT2D eigenvalue weighted by Crippen LogP contribution is -2.18. The average Bonchev–Trinajstić information content (AvgIpc) is 2.51. The zero-order valence-electron chi connectivity index (χ0n) is 6.85. The molecule has 1 aromatic rings. The van der Waals surface area contributed by atoms with E-state index in [-0.39, 0.29) is 5.13 Å². The predicted molar refractivity (Wildman–Crippen MR) is 55.4 cm³/mol. The number of primary sulfonamides is 1. The fourth-order valence-electron chi connectivity index (χ4n) is 0.535. The Kier molecular flexibility index (Phi) is 3.84. The number of hydrogen-bond donors (Lipinski definition) is 2. The summed E-state index contributed by atoms with van der Waals surface area (Å²) in [5.74, 6) is -0.726. The van der Waals surface area contributed by atoms with Gasteiger partial charge in [-0.1, -0.05) is 34.5 Å². The third-order valence-electron chi connectivity index (χ3n) is 1.08. The molecule has 0 atom stereocenters. The predicted octanol–water partition coefficient (Wildman–Crippen LogP) is -0.0723. The largest absolute Gasteiger partial charge is 0.298 e. The smallest absolute Gasteiger partial charge is 0.267 e. The summed E-state index contributed by atoms with van der Waals surface area (Å²) in [7, 11) is -3.91. The Morgan fingerprint density at radius 3 is 2.47 bits per heavy atom. The minimum Gasteiger partial charge on any atom is -0.298 e. The highest BCUT2D eigenvalue weighted by molar-refractivity contribution is 7.91. The van der Waals surface area contributed by atoms with Gasteiger partial charge in [-0.15, -0.1) is 10.2 Å². The molecule has 0 saturated carbocycles. The molecule has 0 bridgehead atoms. The van der Waals surface area contributed by atoms with Crippen LogP contribution in [0.25, 0.3) is 0 Å². The number of anilines is 1. The summed E-state index contributed by atoms with van der Waals surface area (Å²) in [5, 5.41) is 13.5. The Balaban J connectivity index is 2.83. The van der Waals surface area contributed by atoms with Gasteiger partial charge in [-0.3, -0.25) is 10.1 Å². The molecule has 1 amide bonds. The highest BCUT2D eigenvalue weighted by Gasteiger charge is 2.18. The van der Waals surface area contributed by atoms with Crippen molar-refractivity contribution in [3.05, 3.63) is 0 Å². The molecule has 0 aliphatic rings. The van der Waals surface area contributed by atoms with Gasteiger partial charge in [0.25, 0.3) is 15.9 Å². The molecular weight excluding hydrogens is 287 g/mol. The fraction of sp³-hybridized carbons (Fsp3) is 0.250. The Morgan fingerprint density at radius 2 is 2.07 bits per heavy atom. The van der Waals surface area contributed by atoms with Gasteiger partial charge in [0.2, 0.25) is 9.47 Å². The number of alkyl halides is 2. The molecule has 15 heavy (non-hydrogen) atoms. The van der Waals surface area contributed by atoms with Crippen molar-refractivity contribution in [1.29, 1.82) is 0 Å². The molecule has 0 aliphatic carbocycles. The lowest BCUT2D eigenvalue weighted by Gasteiger charge is -1.98. The first-order chi connectivity index (χ1) is 6.80. The van der Waals surface area contributed by atoms with E-state index in [1.165, 1.54) is 0 Å². The summed E-state index contributed by atoms with van der Waals surface area (Å²) in [6.45, 7) is 0. The third-order valence-corrected chi connectivity index (χ3v) is 3.62. The molecule has 1 rings (SSSR count). The monoisotopic (exact) mass is 290 g/mol. The Labute approximate surface area is 98.6 Å². The van der Waals surface area contributed by atoms with Crippen molar-refractivity contribution in [2.75, 3.05) is 5.32 Å². The number of nitrogens with zero attached hydrogens (tertiary/aromatic N) is 2. The number of aromatic nitrogens is 2. The lowest BCUT2D eigenvalue weighted by atomic mass is 10.7. The van der Waals surface area contributed by atoms with Crippen LogP contribution >= 0.6 is 34.5 Å². The van der Waals surface area contributed by atoms with Crippen LogP contribution in [0.15, 0.2) is 4.34 Å². The maximum absolute atomic E-state index is 11.0. The third kappa shape index (κ3) is 3.54. The van der Waals surface area contributed by atoms with Crippen LogP contribution in [0.1, 0.15) is 0 Å². The van der Waals surface area contributed by atoms with E-state index in [0.717, 1.165) is 0 Å². The van der Waals surface area contributed by atoms with Crippen LogP contribution in [0.5, 0.6) is 0 Å². The topological polar surface area (TPSA) is 115 Å². The summed E-state index contributed by atoms with van der Waals surface area (Å²) < 4.78 is 21.2. The van der Waals surface area contributed by atoms with Crippen molar-refractivity contribution in [3.63, 3.8) is 0 Å². The van der Waals surface area contributed by atoms with Gasteiger partial charge in [0, 0.05) is 0 Å². The van der Waals surface area contributed by atoms with Crippen LogP contribution in [0, 0.1) is 0 Å². The van der Waals surface area contributed by atoms with Gasteiger partial charge < -0.3 is 0 Å². The summed E-state index contributed by atoms with van der Waals surface area (Å²) in [6, 6.07) is 0. The molecular formula is C4H4Cl2N4O3S2. The number of nitrogens with two attached hydrogens (primary N) is 1. The number of rotatable bonds is 3. The highest BCUT2D eigenvalue weighted by Crippen LogP contribution is 2.19. The van der Waals surface area contributed by atoms with E-state index in [4.69, 9.17) is 28.3 Å². The molecule has 7 nitrogen and oxygen atoms in total. The van der Waals surface area contributed by atoms with E-state index in [1.807, 2.05) is 0 Å². The molecule has 1 heterocycles. The molecule has 0 unspecified atom stereocenters. The van der Waals surface area contributed by atoms with E-state index in [0.29, 0.717) is 11.3 Å². The van der Waals surface area contributed by atoms with Crippen molar-refractivity contribution < 1.29 is 13.2 Å². The normalized spacial score (nSPS) is 11.7. The minimum absolute atomic E-state index is 0.0460. The Bertz CT molecular complexity index is 470. The number of halogens is 2. The van der Waals surface area contributed by atoms with Crippen LogP contribution in [0.2, 0.25) is 0 Å². The quantitative estimate of drug-likeness (QED) is 0.597. The second-order valence-corrected chi connectivity index (χ2v) is 6.02. The van der Waals surface area contributed by atoms with E-state index in [2.05, 4.69) is 15.5 Å². The number of carbonyl (C=O) groups excluding carboxylic acids is 1. The molecule has 0 radical (unpaired) electrons. The van der Waals surface area contributed by atoms with Crippen molar-refractivity contribution in [2.24, 2.45) is 5.14 Å². The van der Waals surface area contributed by atoms with Crippen LogP contribution in [0.4, 0.5) is 5.13 Å². The number of sulfonamides is 1. The summed E-state index contributed by atoms with van der Waals surface area (Å²) in [4.78, 5) is 9.68. The molecule has 84 valence electrons. The van der Waals surface area contributed by atoms with Gasteiger partial charge in [0.05, 0.1) is 0 Å². The Hall–Kier alpha value is -0.480. The van der Waals surface area contributed by atoms with Gasteiger partial charge in [-0.2, -0.15) is 0 Å². The molecule has 0 saturated heterocycles. The van der Waals surface area contributed by atoms with Crippen molar-refractivity contribution >= 4 is 55.6 Å². The fourth-order valence-corrected chi connectivity index (χ4v) is 1.98. The van der Waals surface area contributed by atoms with E-state index >= 15 is 0 Å². The van der Waals surface area contributed by atoms with Gasteiger partial charge in [0.1, 0.15) is 0 Å². The molecule has 0 spiro atoms. The minimum atomic E-state index is -3.91. The Morgan fingerprint density at radius 1 is 1.47 bits per heavy atom. The number of carbonyl (C=O) groups is 1. The van der Waals surface area contributed by atoms with Crippen molar-refractivity contribution in [1.82, 2.24) is 10.2 Å². The first-order valence-corrected chi connectivity index (χ1v) is 6.49. The number of hydrogen-bond acceptors (Lipinski definition) is 6. The maximum atomic E-state index is 11.0. The van der Waals surface area contributed by atoms with Crippen molar-refractivity contribution in [3.8, 4) is 0 Å². The zero-order chi connectivity index (χ0) is 11.6. The van der Waals surface area contributed by atoms with Crippen LogP contribution < -0.4 is 10.5 Å². The SMILES string of the molecule is NS(=O)(=O)c1nnc(NC(=O)C(Cl)Cl)s1. The van der Waals surface area contributed by atoms with Gasteiger partial charge in [-0.05, 0) is 0 Å². The second-order valence-electron chi connectivity index (χ2n) is 2.21. The second kappa shape index (κ2) is 4.58. The maximum Gasteiger partial charge on any atom is 0.267 e. The van der Waals surface area contributed by atoms with E-state index in [9.17, 15) is 13.2 Å². The van der Waals surface area contributed by atoms with Gasteiger partial charge >= 0.3 is 0 Å². The van der Waals surface area contributed by atoms with Crippen LogP contribution in [-0.2, 0) is 14.8 Å². The van der Waals surface area contributed by atoms with E-state index in [1.54, 1.807) is 0 Å². The summed E-state index contributed by atoms with van der Waals surface area (Å²) in [6.07, 6.45) is 0. The molecule has 0 aromatic carbocycles. The standard InChI is InChI=1S/C4H4Cl2N4O3S2/c5-1(6)2(11)8-3-9-10-4(14-3)15(7,12)13/h1H,(H2,7,12,13)(H,8,9,11). The van der Waals surface area contributed by atoms with Gasteiger partial charge in [0.15, 0.2) is 4.84 Å². The number of nitrogens with one attached hydrogen (secondary N) is 1. The lowest BCUT2D eigenvalue weighted by molar-refractivity contribution is -0.114. The molecule has 11 heteroatoms. The van der Waals surface area contributed by atoms with Crippen LogP contribution in [-0.4, -0.2) is 29.4 Å². The molecule has 0 aliphatic heterocycles. The van der Waals surface area contributed by atoms with Crippen LogP contribution in [0.3, 0.4) is 0 Å². The highest BCUT2D eigenvalue weighted by atomic mass is 35.5.